The van der Waals surface area contributed by atoms with Gasteiger partial charge in [-0.25, -0.2) is 0 Å². The van der Waals surface area contributed by atoms with Crippen LogP contribution in [-0.4, -0.2) is 54.8 Å². The Morgan fingerprint density at radius 3 is 2.26 bits per heavy atom. The van der Waals surface area contributed by atoms with Crippen molar-refractivity contribution in [1.29, 1.82) is 0 Å². The van der Waals surface area contributed by atoms with Crippen LogP contribution in [0.5, 0.6) is 0 Å². The average molecular weight is 315 g/mol. The maximum Gasteiger partial charge on any atom is 0.253 e. The fraction of sp³-hybridized carbons (Fsp3) is 0.556. The number of hydrogen-bond donors (Lipinski definition) is 1. The molecule has 2 aliphatic rings. The molecule has 0 spiro atoms. The first-order valence-electron chi connectivity index (χ1n) is 8.43. The van der Waals surface area contributed by atoms with Crippen LogP contribution in [0, 0.1) is 11.8 Å². The Bertz CT molecular complexity index is 572. The van der Waals surface area contributed by atoms with E-state index in [-0.39, 0.29) is 17.7 Å². The molecule has 1 aliphatic carbocycles. The standard InChI is InChI=1S/C18H25N3O2/c1-13(14-3-4-14)17(22)19-16-7-5-15(6-8-16)18(23)21-11-9-20(2)10-12-21/h5-8,13-14H,3-4,9-12H2,1-2H3,(H,19,22). The van der Waals surface area contributed by atoms with Gasteiger partial charge >= 0.3 is 0 Å². The number of carbonyl (C=O) groups is 2. The fourth-order valence-corrected chi connectivity index (χ4v) is 2.95. The van der Waals surface area contributed by atoms with Gasteiger partial charge in [-0.2, -0.15) is 0 Å². The Balaban J connectivity index is 1.58. The van der Waals surface area contributed by atoms with Gasteiger partial charge in [-0.15, -0.1) is 0 Å². The van der Waals surface area contributed by atoms with Crippen LogP contribution < -0.4 is 5.32 Å². The molecule has 23 heavy (non-hydrogen) atoms. The second kappa shape index (κ2) is 6.71. The highest BCUT2D eigenvalue weighted by atomic mass is 16.2. The van der Waals surface area contributed by atoms with E-state index in [4.69, 9.17) is 0 Å². The van der Waals surface area contributed by atoms with Gasteiger partial charge in [0.25, 0.3) is 5.91 Å². The van der Waals surface area contributed by atoms with E-state index in [1.54, 1.807) is 12.1 Å². The first-order chi connectivity index (χ1) is 11.0. The SMILES string of the molecule is CC(C(=O)Nc1ccc(C(=O)N2CCN(C)CC2)cc1)C1CC1. The first kappa shape index (κ1) is 16.0. The Morgan fingerprint density at radius 1 is 1.09 bits per heavy atom. The molecule has 0 radical (unpaired) electrons. The van der Waals surface area contributed by atoms with Crippen molar-refractivity contribution in [2.45, 2.75) is 19.8 Å². The predicted octanol–water partition coefficient (Wildman–Crippen LogP) is 2.06. The maximum absolute atomic E-state index is 12.5. The Hall–Kier alpha value is -1.88. The molecule has 1 aromatic carbocycles. The molecule has 1 saturated heterocycles. The van der Waals surface area contributed by atoms with Crippen molar-refractivity contribution in [2.75, 3.05) is 38.5 Å². The van der Waals surface area contributed by atoms with Crippen LogP contribution in [0.4, 0.5) is 5.69 Å². The van der Waals surface area contributed by atoms with Gasteiger partial charge in [-0.1, -0.05) is 6.92 Å². The third-order valence-corrected chi connectivity index (χ3v) is 4.93. The number of nitrogens with one attached hydrogen (secondary N) is 1. The number of carbonyl (C=O) groups excluding carboxylic acids is 2. The van der Waals surface area contributed by atoms with Crippen LogP contribution in [0.3, 0.4) is 0 Å². The maximum atomic E-state index is 12.5. The minimum Gasteiger partial charge on any atom is -0.336 e. The lowest BCUT2D eigenvalue weighted by Crippen LogP contribution is -2.47. The molecule has 0 aromatic heterocycles. The summed E-state index contributed by atoms with van der Waals surface area (Å²) in [5, 5.41) is 2.94. The second-order valence-electron chi connectivity index (χ2n) is 6.79. The van der Waals surface area contributed by atoms with Crippen molar-refractivity contribution in [3.63, 3.8) is 0 Å². The van der Waals surface area contributed by atoms with Crippen molar-refractivity contribution >= 4 is 17.5 Å². The van der Waals surface area contributed by atoms with Crippen molar-refractivity contribution in [3.05, 3.63) is 29.8 Å². The molecule has 0 bridgehead atoms. The summed E-state index contributed by atoms with van der Waals surface area (Å²) in [4.78, 5) is 28.7. The molecule has 1 aromatic rings. The van der Waals surface area contributed by atoms with E-state index < -0.39 is 0 Å². The summed E-state index contributed by atoms with van der Waals surface area (Å²) in [6.07, 6.45) is 2.32. The molecule has 5 nitrogen and oxygen atoms in total. The van der Waals surface area contributed by atoms with E-state index in [9.17, 15) is 9.59 Å². The molecule has 1 N–H and O–H groups in total. The fourth-order valence-electron chi connectivity index (χ4n) is 2.95. The topological polar surface area (TPSA) is 52.7 Å². The minimum absolute atomic E-state index is 0.0710. The van der Waals surface area contributed by atoms with Gasteiger partial charge < -0.3 is 15.1 Å². The number of likely N-dealkylation sites (N-methyl/N-ethyl adjacent to an activating group) is 1. The highest BCUT2D eigenvalue weighted by Gasteiger charge is 2.32. The molecule has 2 amide bonds. The lowest BCUT2D eigenvalue weighted by molar-refractivity contribution is -0.119. The lowest BCUT2D eigenvalue weighted by atomic mass is 10.1. The molecule has 3 rings (SSSR count). The van der Waals surface area contributed by atoms with E-state index >= 15 is 0 Å². The normalized spacial score (nSPS) is 20.2. The van der Waals surface area contributed by atoms with Crippen LogP contribution in [0.1, 0.15) is 30.1 Å². The second-order valence-corrected chi connectivity index (χ2v) is 6.79. The zero-order valence-corrected chi connectivity index (χ0v) is 13.9. The van der Waals surface area contributed by atoms with Crippen molar-refractivity contribution in [2.24, 2.45) is 11.8 Å². The number of benzene rings is 1. The Kier molecular flexibility index (Phi) is 4.66. The summed E-state index contributed by atoms with van der Waals surface area (Å²) in [7, 11) is 2.07. The highest BCUT2D eigenvalue weighted by molar-refractivity contribution is 5.96. The van der Waals surface area contributed by atoms with Crippen LogP contribution >= 0.6 is 0 Å². The highest BCUT2D eigenvalue weighted by Crippen LogP contribution is 2.37. The molecular formula is C18H25N3O2. The Labute approximate surface area is 137 Å². The third-order valence-electron chi connectivity index (χ3n) is 4.93. The molecule has 5 heteroatoms. The van der Waals surface area contributed by atoms with Crippen molar-refractivity contribution in [1.82, 2.24) is 9.80 Å². The molecular weight excluding hydrogens is 290 g/mol. The summed E-state index contributed by atoms with van der Waals surface area (Å²) in [6, 6.07) is 7.25. The minimum atomic E-state index is 0.0710. The van der Waals surface area contributed by atoms with Gasteiger partial charge in [0.05, 0.1) is 0 Å². The predicted molar refractivity (Wildman–Crippen MR) is 90.4 cm³/mol. The molecule has 2 fully saturated rings. The van der Waals surface area contributed by atoms with E-state index in [2.05, 4.69) is 17.3 Å². The van der Waals surface area contributed by atoms with Gasteiger partial charge in [-0.05, 0) is 50.1 Å². The van der Waals surface area contributed by atoms with E-state index in [1.807, 2.05) is 24.0 Å². The first-order valence-corrected chi connectivity index (χ1v) is 8.43. The molecule has 1 aliphatic heterocycles. The summed E-state index contributed by atoms with van der Waals surface area (Å²) in [6.45, 7) is 5.36. The summed E-state index contributed by atoms with van der Waals surface area (Å²) in [5.41, 5.74) is 1.44. The third kappa shape index (κ3) is 3.91. The smallest absolute Gasteiger partial charge is 0.253 e. The summed E-state index contributed by atoms with van der Waals surface area (Å²) >= 11 is 0. The molecule has 1 saturated carbocycles. The van der Waals surface area contributed by atoms with Crippen LogP contribution in [0.25, 0.3) is 0 Å². The van der Waals surface area contributed by atoms with Gasteiger partial charge in [0.2, 0.25) is 5.91 Å². The zero-order valence-electron chi connectivity index (χ0n) is 13.9. The number of hydrogen-bond acceptors (Lipinski definition) is 3. The lowest BCUT2D eigenvalue weighted by Gasteiger charge is -2.32. The monoisotopic (exact) mass is 315 g/mol. The van der Waals surface area contributed by atoms with Gasteiger partial charge in [0, 0.05) is 43.3 Å². The summed E-state index contributed by atoms with van der Waals surface area (Å²) in [5.74, 6) is 0.766. The number of piperazine rings is 1. The number of anilines is 1. The summed E-state index contributed by atoms with van der Waals surface area (Å²) < 4.78 is 0. The van der Waals surface area contributed by atoms with Crippen molar-refractivity contribution < 1.29 is 9.59 Å². The molecule has 1 atom stereocenters. The molecule has 124 valence electrons. The van der Waals surface area contributed by atoms with Crippen LogP contribution in [0.2, 0.25) is 0 Å². The van der Waals surface area contributed by atoms with E-state index in [1.165, 1.54) is 0 Å². The van der Waals surface area contributed by atoms with Crippen molar-refractivity contribution in [3.8, 4) is 0 Å². The Morgan fingerprint density at radius 2 is 1.70 bits per heavy atom. The zero-order chi connectivity index (χ0) is 16.4. The number of rotatable bonds is 4. The molecule has 1 heterocycles. The number of amides is 2. The van der Waals surface area contributed by atoms with E-state index in [0.717, 1.165) is 44.7 Å². The average Bonchev–Trinajstić information content (AvgIpc) is 3.40. The van der Waals surface area contributed by atoms with Gasteiger partial charge in [-0.3, -0.25) is 9.59 Å². The number of nitrogens with zero attached hydrogens (tertiary/aromatic N) is 2. The van der Waals surface area contributed by atoms with Gasteiger partial charge in [0.1, 0.15) is 0 Å². The van der Waals surface area contributed by atoms with Crippen LogP contribution in [-0.2, 0) is 4.79 Å². The van der Waals surface area contributed by atoms with Gasteiger partial charge in [0.15, 0.2) is 0 Å². The molecule has 1 unspecified atom stereocenters. The van der Waals surface area contributed by atoms with Crippen LogP contribution in [0.15, 0.2) is 24.3 Å². The van der Waals surface area contributed by atoms with E-state index in [0.29, 0.717) is 11.5 Å². The quantitative estimate of drug-likeness (QED) is 0.925. The largest absolute Gasteiger partial charge is 0.336 e.